The molecule has 0 saturated heterocycles. The van der Waals surface area contributed by atoms with Crippen LogP contribution in [0.5, 0.6) is 0 Å². The van der Waals surface area contributed by atoms with Crippen LogP contribution in [-0.4, -0.2) is 30.3 Å². The van der Waals surface area contributed by atoms with Crippen LogP contribution in [0.15, 0.2) is 48.9 Å². The predicted molar refractivity (Wildman–Crippen MR) is 106 cm³/mol. The van der Waals surface area contributed by atoms with Crippen LogP contribution in [0.25, 0.3) is 5.65 Å². The van der Waals surface area contributed by atoms with Crippen molar-refractivity contribution in [3.63, 3.8) is 0 Å². The van der Waals surface area contributed by atoms with Gasteiger partial charge in [-0.15, -0.1) is 0 Å². The first-order valence-electron chi connectivity index (χ1n) is 9.82. The van der Waals surface area contributed by atoms with E-state index in [0.717, 1.165) is 25.1 Å². The molecule has 1 amide bonds. The van der Waals surface area contributed by atoms with Gasteiger partial charge in [0, 0.05) is 17.8 Å². The van der Waals surface area contributed by atoms with E-state index in [1.165, 1.54) is 23.0 Å². The van der Waals surface area contributed by atoms with Gasteiger partial charge in [0.25, 0.3) is 5.91 Å². The normalized spacial score (nSPS) is 14.1. The van der Waals surface area contributed by atoms with Crippen LogP contribution in [0.4, 0.5) is 23.2 Å². The summed E-state index contributed by atoms with van der Waals surface area (Å²) in [6.07, 6.45) is 0.899. The fourth-order valence-electron chi connectivity index (χ4n) is 3.47. The molecule has 32 heavy (non-hydrogen) atoms. The molecular formula is C21H16F4N6O. The number of hydrogen-bond donors (Lipinski definition) is 1. The number of fused-ring (bicyclic) bond motifs is 1. The third-order valence-corrected chi connectivity index (χ3v) is 5.15. The maximum atomic E-state index is 13.5. The molecule has 1 aromatic carbocycles. The number of anilines is 1. The molecule has 0 unspecified atom stereocenters. The number of benzene rings is 1. The summed E-state index contributed by atoms with van der Waals surface area (Å²) in [5.74, 6) is -1.06. The maximum Gasteiger partial charge on any atom is 0.433 e. The number of carbonyl (C=O) groups excluding carboxylic acids is 1. The standard InChI is InChI=1S/C21H16F4N6O/c22-14-3-1-2-12(6-14)10-30-11-15(8-26-30)28-20(32)16-9-27-31-18(21(23,24)25)7-17(13-4-5-13)29-19(16)31/h1-3,6-9,11,13H,4-5,10H2,(H,28,32). The molecule has 3 heterocycles. The second kappa shape index (κ2) is 7.43. The van der Waals surface area contributed by atoms with Crippen LogP contribution in [-0.2, 0) is 12.7 Å². The van der Waals surface area contributed by atoms with Crippen LogP contribution in [0.2, 0.25) is 0 Å². The molecule has 0 radical (unpaired) electrons. The van der Waals surface area contributed by atoms with E-state index < -0.39 is 17.8 Å². The molecule has 0 atom stereocenters. The fraction of sp³-hybridized carbons (Fsp3) is 0.238. The lowest BCUT2D eigenvalue weighted by Gasteiger charge is -2.11. The Morgan fingerprint density at radius 2 is 1.97 bits per heavy atom. The van der Waals surface area contributed by atoms with E-state index >= 15 is 0 Å². The van der Waals surface area contributed by atoms with Gasteiger partial charge in [0.05, 0.1) is 24.6 Å². The van der Waals surface area contributed by atoms with E-state index in [1.54, 1.807) is 18.3 Å². The maximum absolute atomic E-state index is 13.5. The summed E-state index contributed by atoms with van der Waals surface area (Å²) >= 11 is 0. The Morgan fingerprint density at radius 1 is 1.16 bits per heavy atom. The van der Waals surface area contributed by atoms with Gasteiger partial charge < -0.3 is 5.32 Å². The topological polar surface area (TPSA) is 77.1 Å². The minimum Gasteiger partial charge on any atom is -0.319 e. The lowest BCUT2D eigenvalue weighted by Crippen LogP contribution is -2.16. The highest BCUT2D eigenvalue weighted by molar-refractivity contribution is 6.08. The Kier molecular flexibility index (Phi) is 4.68. The highest BCUT2D eigenvalue weighted by Crippen LogP contribution is 2.41. The third kappa shape index (κ3) is 3.93. The molecule has 11 heteroatoms. The molecule has 1 aliphatic carbocycles. The minimum atomic E-state index is -4.64. The van der Waals surface area contributed by atoms with E-state index in [0.29, 0.717) is 21.5 Å². The molecule has 5 rings (SSSR count). The number of aromatic nitrogens is 5. The van der Waals surface area contributed by atoms with E-state index in [4.69, 9.17) is 0 Å². The van der Waals surface area contributed by atoms with Crippen LogP contribution in [0, 0.1) is 5.82 Å². The smallest absolute Gasteiger partial charge is 0.319 e. The summed E-state index contributed by atoms with van der Waals surface area (Å²) in [6, 6.07) is 7.03. The van der Waals surface area contributed by atoms with Crippen LogP contribution >= 0.6 is 0 Å². The van der Waals surface area contributed by atoms with E-state index in [1.807, 2.05) is 0 Å². The average molecular weight is 444 g/mol. The first-order chi connectivity index (χ1) is 15.3. The lowest BCUT2D eigenvalue weighted by atomic mass is 10.2. The minimum absolute atomic E-state index is 0.0343. The van der Waals surface area contributed by atoms with Crippen molar-refractivity contribution in [2.45, 2.75) is 31.5 Å². The highest BCUT2D eigenvalue weighted by atomic mass is 19.4. The van der Waals surface area contributed by atoms with E-state index in [-0.39, 0.29) is 29.5 Å². The second-order valence-electron chi connectivity index (χ2n) is 7.64. The van der Waals surface area contributed by atoms with Crippen molar-refractivity contribution in [3.05, 3.63) is 77.3 Å². The number of alkyl halides is 3. The van der Waals surface area contributed by atoms with Crippen LogP contribution < -0.4 is 5.32 Å². The zero-order valence-corrected chi connectivity index (χ0v) is 16.5. The third-order valence-electron chi connectivity index (χ3n) is 5.15. The van der Waals surface area contributed by atoms with Gasteiger partial charge in [-0.3, -0.25) is 9.48 Å². The van der Waals surface area contributed by atoms with Crippen molar-refractivity contribution in [1.82, 2.24) is 24.4 Å². The molecule has 7 nitrogen and oxygen atoms in total. The quantitative estimate of drug-likeness (QED) is 0.467. The molecule has 0 aliphatic heterocycles. The second-order valence-corrected chi connectivity index (χ2v) is 7.64. The molecule has 3 aromatic heterocycles. The number of rotatable bonds is 5. The number of amides is 1. The van der Waals surface area contributed by atoms with Crippen molar-refractivity contribution >= 4 is 17.2 Å². The van der Waals surface area contributed by atoms with Gasteiger partial charge in [0.15, 0.2) is 5.65 Å². The Hall–Kier alpha value is -3.76. The molecular weight excluding hydrogens is 428 g/mol. The summed E-state index contributed by atoms with van der Waals surface area (Å²) < 4.78 is 56.1. The van der Waals surface area contributed by atoms with Crippen molar-refractivity contribution in [3.8, 4) is 0 Å². The van der Waals surface area contributed by atoms with E-state index in [9.17, 15) is 22.4 Å². The number of hydrogen-bond acceptors (Lipinski definition) is 4. The molecule has 1 fully saturated rings. The predicted octanol–water partition coefficient (Wildman–Crippen LogP) is 4.26. The van der Waals surface area contributed by atoms with Crippen molar-refractivity contribution in [2.24, 2.45) is 0 Å². The Morgan fingerprint density at radius 3 is 2.69 bits per heavy atom. The molecule has 1 aliphatic rings. The van der Waals surface area contributed by atoms with Gasteiger partial charge in [-0.25, -0.2) is 13.9 Å². The first-order valence-corrected chi connectivity index (χ1v) is 9.82. The molecule has 1 saturated carbocycles. The van der Waals surface area contributed by atoms with Gasteiger partial charge >= 0.3 is 6.18 Å². The summed E-state index contributed by atoms with van der Waals surface area (Å²) in [7, 11) is 0. The summed E-state index contributed by atoms with van der Waals surface area (Å²) in [6.45, 7) is 0.283. The number of nitrogens with zero attached hydrogens (tertiary/aromatic N) is 5. The van der Waals surface area contributed by atoms with Gasteiger partial charge in [0.1, 0.15) is 17.1 Å². The van der Waals surface area contributed by atoms with Crippen LogP contribution in [0.1, 0.15) is 46.1 Å². The average Bonchev–Trinajstić information content (AvgIpc) is 3.35. The molecule has 164 valence electrons. The molecule has 1 N–H and O–H groups in total. The highest BCUT2D eigenvalue weighted by Gasteiger charge is 2.38. The monoisotopic (exact) mass is 444 g/mol. The Bertz CT molecular complexity index is 1320. The number of carbonyl (C=O) groups is 1. The summed E-state index contributed by atoms with van der Waals surface area (Å²) in [4.78, 5) is 17.1. The molecule has 0 bridgehead atoms. The zero-order valence-electron chi connectivity index (χ0n) is 16.5. The summed E-state index contributed by atoms with van der Waals surface area (Å²) in [5.41, 5.74) is 0.140. The summed E-state index contributed by atoms with van der Waals surface area (Å²) in [5, 5.41) is 10.5. The van der Waals surface area contributed by atoms with Crippen molar-refractivity contribution in [1.29, 1.82) is 0 Å². The van der Waals surface area contributed by atoms with Gasteiger partial charge in [0.2, 0.25) is 0 Å². The van der Waals surface area contributed by atoms with Gasteiger partial charge in [-0.2, -0.15) is 23.4 Å². The Balaban J connectivity index is 1.41. The largest absolute Gasteiger partial charge is 0.433 e. The first kappa shape index (κ1) is 20.2. The lowest BCUT2D eigenvalue weighted by molar-refractivity contribution is -0.142. The van der Waals surface area contributed by atoms with Crippen molar-refractivity contribution < 1.29 is 22.4 Å². The van der Waals surface area contributed by atoms with Gasteiger partial charge in [-0.05, 0) is 36.6 Å². The molecule has 0 spiro atoms. The Labute approximate surface area is 178 Å². The SMILES string of the molecule is O=C(Nc1cnn(Cc2cccc(F)c2)c1)c1cnn2c(C(F)(F)F)cc(C3CC3)nc12. The molecule has 4 aromatic rings. The van der Waals surface area contributed by atoms with Crippen LogP contribution in [0.3, 0.4) is 0 Å². The zero-order chi connectivity index (χ0) is 22.5. The van der Waals surface area contributed by atoms with Gasteiger partial charge in [-0.1, -0.05) is 12.1 Å². The number of halogens is 4. The number of nitrogens with one attached hydrogen (secondary N) is 1. The van der Waals surface area contributed by atoms with Crippen molar-refractivity contribution in [2.75, 3.05) is 5.32 Å². The fourth-order valence-corrected chi connectivity index (χ4v) is 3.47. The van der Waals surface area contributed by atoms with E-state index in [2.05, 4.69) is 20.5 Å².